The van der Waals surface area contributed by atoms with Gasteiger partial charge in [0.05, 0.1) is 5.56 Å². The number of aliphatic hydroxyl groups excluding tert-OH is 1. The van der Waals surface area contributed by atoms with E-state index in [-0.39, 0.29) is 17.7 Å². The van der Waals surface area contributed by atoms with Crippen LogP contribution in [0.5, 0.6) is 0 Å². The molecule has 0 aliphatic heterocycles. The zero-order valence-electron chi connectivity index (χ0n) is 12.1. The van der Waals surface area contributed by atoms with Crippen LogP contribution in [0.4, 0.5) is 4.39 Å². The number of carbonyl (C=O) groups is 1. The maximum atomic E-state index is 13.3. The van der Waals surface area contributed by atoms with Gasteiger partial charge in [0.15, 0.2) is 0 Å². The van der Waals surface area contributed by atoms with Crippen LogP contribution in [0.2, 0.25) is 0 Å². The Morgan fingerprint density at radius 3 is 2.70 bits per heavy atom. The van der Waals surface area contributed by atoms with Crippen molar-refractivity contribution in [2.24, 2.45) is 0 Å². The fourth-order valence-corrected chi connectivity index (χ4v) is 1.45. The van der Waals surface area contributed by atoms with Crippen LogP contribution in [0, 0.1) is 5.82 Å². The van der Waals surface area contributed by atoms with Gasteiger partial charge in [0, 0.05) is 12.1 Å². The monoisotopic (exact) mass is 283 g/mol. The summed E-state index contributed by atoms with van der Waals surface area (Å²) >= 11 is 0. The molecule has 112 valence electrons. The number of benzene rings is 1. The first-order chi connectivity index (χ1) is 9.35. The van der Waals surface area contributed by atoms with E-state index in [1.807, 2.05) is 20.8 Å². The van der Waals surface area contributed by atoms with Crippen LogP contribution in [-0.4, -0.2) is 35.9 Å². The molecule has 1 aromatic rings. The molecule has 0 heterocycles. The summed E-state index contributed by atoms with van der Waals surface area (Å²) in [4.78, 5) is 11.6. The van der Waals surface area contributed by atoms with Crippen LogP contribution in [0.15, 0.2) is 24.3 Å². The van der Waals surface area contributed by atoms with Gasteiger partial charge in [0.25, 0.3) is 0 Å². The Morgan fingerprint density at radius 2 is 2.10 bits per heavy atom. The van der Waals surface area contributed by atoms with Crippen molar-refractivity contribution in [3.63, 3.8) is 0 Å². The smallest absolute Gasteiger partial charge is 0.341 e. The highest BCUT2D eigenvalue weighted by Gasteiger charge is 2.18. The van der Waals surface area contributed by atoms with Crippen LogP contribution >= 0.6 is 0 Å². The van der Waals surface area contributed by atoms with E-state index in [9.17, 15) is 14.3 Å². The third-order valence-electron chi connectivity index (χ3n) is 3.20. The molecule has 5 heteroatoms. The quantitative estimate of drug-likeness (QED) is 0.753. The summed E-state index contributed by atoms with van der Waals surface area (Å²) < 4.78 is 18.2. The van der Waals surface area contributed by atoms with E-state index in [4.69, 9.17) is 4.74 Å². The van der Waals surface area contributed by atoms with Gasteiger partial charge >= 0.3 is 5.97 Å². The van der Waals surface area contributed by atoms with Crippen molar-refractivity contribution >= 4 is 5.97 Å². The third-order valence-corrected chi connectivity index (χ3v) is 3.20. The van der Waals surface area contributed by atoms with Crippen molar-refractivity contribution in [3.05, 3.63) is 35.6 Å². The zero-order chi connectivity index (χ0) is 15.2. The minimum absolute atomic E-state index is 0.0868. The van der Waals surface area contributed by atoms with Gasteiger partial charge in [-0.05, 0) is 32.4 Å². The SMILES string of the molecule is CCC(C)(C)NC[C@@H](O)COC(=O)c1ccccc1F. The molecule has 0 fully saturated rings. The molecule has 0 aromatic heterocycles. The van der Waals surface area contributed by atoms with Gasteiger partial charge in [-0.25, -0.2) is 9.18 Å². The Hall–Kier alpha value is -1.46. The fraction of sp³-hybridized carbons (Fsp3) is 0.533. The first kappa shape index (κ1) is 16.6. The van der Waals surface area contributed by atoms with Crippen LogP contribution in [-0.2, 0) is 4.74 Å². The number of hydrogen-bond donors (Lipinski definition) is 2. The Balaban J connectivity index is 2.40. The molecule has 0 unspecified atom stereocenters. The van der Waals surface area contributed by atoms with Crippen molar-refractivity contribution in [1.82, 2.24) is 5.32 Å². The van der Waals surface area contributed by atoms with E-state index in [0.29, 0.717) is 6.54 Å². The predicted molar refractivity (Wildman–Crippen MR) is 75.1 cm³/mol. The Morgan fingerprint density at radius 1 is 1.45 bits per heavy atom. The maximum absolute atomic E-state index is 13.3. The number of β-amino-alcohol motifs (C(OH)–C–C–N with tert-alkyl or cyclic N) is 1. The molecule has 0 spiro atoms. The van der Waals surface area contributed by atoms with Crippen LogP contribution in [0.1, 0.15) is 37.6 Å². The second-order valence-corrected chi connectivity index (χ2v) is 5.35. The number of hydrogen-bond acceptors (Lipinski definition) is 4. The number of nitrogens with one attached hydrogen (secondary N) is 1. The lowest BCUT2D eigenvalue weighted by Gasteiger charge is -2.26. The minimum atomic E-state index is -0.823. The van der Waals surface area contributed by atoms with Crippen molar-refractivity contribution in [1.29, 1.82) is 0 Å². The van der Waals surface area contributed by atoms with Crippen molar-refractivity contribution in [2.75, 3.05) is 13.2 Å². The van der Waals surface area contributed by atoms with Crippen molar-refractivity contribution in [2.45, 2.75) is 38.8 Å². The highest BCUT2D eigenvalue weighted by Crippen LogP contribution is 2.09. The maximum Gasteiger partial charge on any atom is 0.341 e. The van der Waals surface area contributed by atoms with Crippen LogP contribution < -0.4 is 5.32 Å². The average Bonchev–Trinajstić information content (AvgIpc) is 2.43. The molecule has 4 nitrogen and oxygen atoms in total. The number of halogens is 1. The number of ether oxygens (including phenoxy) is 1. The molecule has 1 aromatic carbocycles. The van der Waals surface area contributed by atoms with E-state index >= 15 is 0 Å². The lowest BCUT2D eigenvalue weighted by molar-refractivity contribution is 0.0240. The normalized spacial score (nSPS) is 13.1. The molecule has 20 heavy (non-hydrogen) atoms. The molecular formula is C15H22FNO3. The molecule has 0 saturated carbocycles. The average molecular weight is 283 g/mol. The van der Waals surface area contributed by atoms with Gasteiger partial charge < -0.3 is 15.2 Å². The first-order valence-corrected chi connectivity index (χ1v) is 6.70. The van der Waals surface area contributed by atoms with E-state index < -0.39 is 17.9 Å². The molecule has 0 amide bonds. The molecule has 0 aliphatic rings. The van der Waals surface area contributed by atoms with Gasteiger partial charge in [-0.3, -0.25) is 0 Å². The van der Waals surface area contributed by atoms with Crippen molar-refractivity contribution < 1.29 is 19.0 Å². The summed E-state index contributed by atoms with van der Waals surface area (Å²) in [5.41, 5.74) is -0.210. The largest absolute Gasteiger partial charge is 0.459 e. The first-order valence-electron chi connectivity index (χ1n) is 6.70. The van der Waals surface area contributed by atoms with Gasteiger partial charge in [0.2, 0.25) is 0 Å². The Kier molecular flexibility index (Phi) is 6.10. The molecular weight excluding hydrogens is 261 g/mol. The summed E-state index contributed by atoms with van der Waals surface area (Å²) in [6.45, 7) is 6.22. The summed E-state index contributed by atoms with van der Waals surface area (Å²) in [5.74, 6) is -1.39. The minimum Gasteiger partial charge on any atom is -0.459 e. The number of aliphatic hydroxyl groups is 1. The van der Waals surface area contributed by atoms with Gasteiger partial charge in [-0.1, -0.05) is 19.1 Å². The molecule has 0 saturated heterocycles. The highest BCUT2D eigenvalue weighted by molar-refractivity contribution is 5.89. The van der Waals surface area contributed by atoms with Gasteiger partial charge in [-0.2, -0.15) is 0 Å². The second-order valence-electron chi connectivity index (χ2n) is 5.35. The number of esters is 1. The molecule has 0 bridgehead atoms. The van der Waals surface area contributed by atoms with E-state index in [1.54, 1.807) is 6.07 Å². The van der Waals surface area contributed by atoms with E-state index in [1.165, 1.54) is 18.2 Å². The molecule has 2 N–H and O–H groups in total. The third kappa shape index (κ3) is 5.27. The highest BCUT2D eigenvalue weighted by atomic mass is 19.1. The fourth-order valence-electron chi connectivity index (χ4n) is 1.45. The topological polar surface area (TPSA) is 58.6 Å². The molecule has 0 radical (unpaired) electrons. The lowest BCUT2D eigenvalue weighted by Crippen LogP contribution is -2.44. The van der Waals surface area contributed by atoms with Gasteiger partial charge in [0.1, 0.15) is 18.5 Å². The number of carbonyl (C=O) groups excluding carboxylic acids is 1. The number of rotatable bonds is 7. The predicted octanol–water partition coefficient (Wildman–Crippen LogP) is 2.12. The van der Waals surface area contributed by atoms with Crippen LogP contribution in [0.25, 0.3) is 0 Å². The molecule has 0 aliphatic carbocycles. The zero-order valence-corrected chi connectivity index (χ0v) is 12.1. The van der Waals surface area contributed by atoms with Crippen LogP contribution in [0.3, 0.4) is 0 Å². The Bertz CT molecular complexity index is 448. The van der Waals surface area contributed by atoms with E-state index in [0.717, 1.165) is 6.42 Å². The molecule has 1 atom stereocenters. The van der Waals surface area contributed by atoms with E-state index in [2.05, 4.69) is 5.32 Å². The summed E-state index contributed by atoms with van der Waals surface area (Å²) in [5, 5.41) is 12.9. The summed E-state index contributed by atoms with van der Waals surface area (Å²) in [6.07, 6.45) is 0.0888. The standard InChI is InChI=1S/C15H22FNO3/c1-4-15(2,3)17-9-11(18)10-20-14(19)12-7-5-6-8-13(12)16/h5-8,11,17-18H,4,9-10H2,1-3H3/t11-/m1/s1. The second kappa shape index (κ2) is 7.36. The Labute approximate surface area is 119 Å². The summed E-state index contributed by atoms with van der Waals surface area (Å²) in [7, 11) is 0. The summed E-state index contributed by atoms with van der Waals surface area (Å²) in [6, 6.07) is 5.60. The van der Waals surface area contributed by atoms with Crippen molar-refractivity contribution in [3.8, 4) is 0 Å². The van der Waals surface area contributed by atoms with Gasteiger partial charge in [-0.15, -0.1) is 0 Å². The molecule has 1 rings (SSSR count). The lowest BCUT2D eigenvalue weighted by atomic mass is 10.0.